The third kappa shape index (κ3) is 5.34. The Balaban J connectivity index is 1.89. The Hall–Kier alpha value is -2.83. The minimum absolute atomic E-state index is 0.0903. The van der Waals surface area contributed by atoms with Gasteiger partial charge in [-0.2, -0.15) is 5.10 Å². The van der Waals surface area contributed by atoms with Crippen LogP contribution in [0.25, 0.3) is 0 Å². The maximum atomic E-state index is 11.8. The number of rotatable bonds is 6. The summed E-state index contributed by atoms with van der Waals surface area (Å²) in [7, 11) is 1.26. The highest BCUT2D eigenvalue weighted by Crippen LogP contribution is 2.24. The standard InChI is InChI=1S/C18H23N3O4/c1-18(2,3)13-5-7-14(8-6-13)25-12-21-10-9-15(20-21)17(23)19-11-16(22)24-4/h5-10H,11-12H2,1-4H3,(H,19,23). The van der Waals surface area contributed by atoms with Gasteiger partial charge in [-0.25, -0.2) is 4.68 Å². The summed E-state index contributed by atoms with van der Waals surface area (Å²) in [5.41, 5.74) is 1.52. The predicted molar refractivity (Wildman–Crippen MR) is 92.3 cm³/mol. The molecule has 25 heavy (non-hydrogen) atoms. The van der Waals surface area contributed by atoms with Crippen LogP contribution < -0.4 is 10.1 Å². The topological polar surface area (TPSA) is 82.5 Å². The lowest BCUT2D eigenvalue weighted by molar-refractivity contribution is -0.139. The Bertz CT molecular complexity index is 730. The molecule has 2 rings (SSSR count). The lowest BCUT2D eigenvalue weighted by atomic mass is 9.87. The largest absolute Gasteiger partial charge is 0.471 e. The summed E-state index contributed by atoms with van der Waals surface area (Å²) in [6.45, 7) is 6.44. The van der Waals surface area contributed by atoms with Crippen molar-refractivity contribution in [2.24, 2.45) is 0 Å². The van der Waals surface area contributed by atoms with Gasteiger partial charge in [-0.05, 0) is 29.2 Å². The Morgan fingerprint density at radius 2 is 1.84 bits per heavy atom. The number of benzene rings is 1. The number of hydrogen-bond acceptors (Lipinski definition) is 5. The van der Waals surface area contributed by atoms with E-state index in [2.05, 4.69) is 35.9 Å². The van der Waals surface area contributed by atoms with Crippen molar-refractivity contribution >= 4 is 11.9 Å². The molecule has 1 N–H and O–H groups in total. The number of esters is 1. The van der Waals surface area contributed by atoms with Crippen LogP contribution in [0.5, 0.6) is 5.75 Å². The third-order valence-corrected chi connectivity index (χ3v) is 3.58. The average Bonchev–Trinajstić information content (AvgIpc) is 3.06. The van der Waals surface area contributed by atoms with Crippen LogP contribution in [-0.2, 0) is 21.7 Å². The molecule has 0 atom stereocenters. The smallest absolute Gasteiger partial charge is 0.325 e. The number of amides is 1. The van der Waals surface area contributed by atoms with E-state index in [9.17, 15) is 9.59 Å². The van der Waals surface area contributed by atoms with Gasteiger partial charge in [0.25, 0.3) is 5.91 Å². The number of methoxy groups -OCH3 is 1. The molecule has 0 aliphatic rings. The molecule has 1 aromatic carbocycles. The predicted octanol–water partition coefficient (Wildman–Crippen LogP) is 2.12. The Morgan fingerprint density at radius 3 is 2.44 bits per heavy atom. The maximum absolute atomic E-state index is 11.8. The van der Waals surface area contributed by atoms with Gasteiger partial charge in [0.05, 0.1) is 7.11 Å². The van der Waals surface area contributed by atoms with Crippen molar-refractivity contribution in [3.8, 4) is 5.75 Å². The van der Waals surface area contributed by atoms with Crippen LogP contribution in [-0.4, -0.2) is 35.3 Å². The van der Waals surface area contributed by atoms with Gasteiger partial charge in [-0.15, -0.1) is 0 Å². The summed E-state index contributed by atoms with van der Waals surface area (Å²) >= 11 is 0. The second-order valence-electron chi connectivity index (χ2n) is 6.55. The van der Waals surface area contributed by atoms with Crippen molar-refractivity contribution < 1.29 is 19.1 Å². The van der Waals surface area contributed by atoms with Crippen LogP contribution in [0.1, 0.15) is 36.8 Å². The van der Waals surface area contributed by atoms with Crippen molar-refractivity contribution in [2.75, 3.05) is 13.7 Å². The van der Waals surface area contributed by atoms with Gasteiger partial charge in [0.1, 0.15) is 18.0 Å². The first-order valence-corrected chi connectivity index (χ1v) is 7.91. The van der Waals surface area contributed by atoms with E-state index < -0.39 is 11.9 Å². The highest BCUT2D eigenvalue weighted by atomic mass is 16.5. The highest BCUT2D eigenvalue weighted by molar-refractivity contribution is 5.94. The molecule has 134 valence electrons. The normalized spacial score (nSPS) is 11.0. The van der Waals surface area contributed by atoms with Crippen molar-refractivity contribution in [3.63, 3.8) is 0 Å². The molecule has 0 spiro atoms. The fraction of sp³-hybridized carbons (Fsp3) is 0.389. The van der Waals surface area contributed by atoms with E-state index in [1.807, 2.05) is 24.3 Å². The molecule has 0 saturated heterocycles. The van der Waals surface area contributed by atoms with Crippen LogP contribution in [0.2, 0.25) is 0 Å². The Morgan fingerprint density at radius 1 is 1.16 bits per heavy atom. The second-order valence-corrected chi connectivity index (χ2v) is 6.55. The molecule has 0 unspecified atom stereocenters. The van der Waals surface area contributed by atoms with E-state index in [0.717, 1.165) is 5.75 Å². The van der Waals surface area contributed by atoms with E-state index >= 15 is 0 Å². The summed E-state index contributed by atoms with van der Waals surface area (Å²) < 4.78 is 11.6. The van der Waals surface area contributed by atoms with Gasteiger partial charge in [-0.1, -0.05) is 32.9 Å². The summed E-state index contributed by atoms with van der Waals surface area (Å²) in [5.74, 6) is -0.242. The minimum atomic E-state index is -0.519. The van der Waals surface area contributed by atoms with E-state index in [4.69, 9.17) is 4.74 Å². The zero-order chi connectivity index (χ0) is 18.4. The average molecular weight is 345 g/mol. The van der Waals surface area contributed by atoms with Gasteiger partial charge in [0.15, 0.2) is 6.73 Å². The number of nitrogens with zero attached hydrogens (tertiary/aromatic N) is 2. The summed E-state index contributed by atoms with van der Waals surface area (Å²) in [6.07, 6.45) is 1.64. The quantitative estimate of drug-likeness (QED) is 0.811. The summed E-state index contributed by atoms with van der Waals surface area (Å²) in [4.78, 5) is 22.9. The lowest BCUT2D eigenvalue weighted by Gasteiger charge is -2.19. The first-order valence-electron chi connectivity index (χ1n) is 7.91. The van der Waals surface area contributed by atoms with Gasteiger partial charge in [0.2, 0.25) is 0 Å². The molecule has 0 fully saturated rings. The van der Waals surface area contributed by atoms with Crippen molar-refractivity contribution in [2.45, 2.75) is 32.9 Å². The molecule has 2 aromatic rings. The summed E-state index contributed by atoms with van der Waals surface area (Å²) in [5, 5.41) is 6.54. The Labute approximate surface area is 146 Å². The van der Waals surface area contributed by atoms with Crippen molar-refractivity contribution in [1.29, 1.82) is 0 Å². The van der Waals surface area contributed by atoms with Crippen LogP contribution >= 0.6 is 0 Å². The molecule has 0 radical (unpaired) electrons. The molecule has 7 nitrogen and oxygen atoms in total. The number of hydrogen-bond donors (Lipinski definition) is 1. The number of carbonyl (C=O) groups excluding carboxylic acids is 2. The SMILES string of the molecule is COC(=O)CNC(=O)c1ccn(COc2ccc(C(C)(C)C)cc2)n1. The van der Waals surface area contributed by atoms with Crippen LogP contribution in [0.15, 0.2) is 36.5 Å². The molecule has 1 aromatic heterocycles. The zero-order valence-electron chi connectivity index (χ0n) is 14.9. The maximum Gasteiger partial charge on any atom is 0.325 e. The van der Waals surface area contributed by atoms with E-state index in [1.165, 1.54) is 17.4 Å². The van der Waals surface area contributed by atoms with E-state index in [0.29, 0.717) is 0 Å². The minimum Gasteiger partial charge on any atom is -0.471 e. The second kappa shape index (κ2) is 7.83. The van der Waals surface area contributed by atoms with Crippen molar-refractivity contribution in [3.05, 3.63) is 47.8 Å². The first kappa shape index (κ1) is 18.5. The van der Waals surface area contributed by atoms with Crippen LogP contribution in [0.4, 0.5) is 0 Å². The van der Waals surface area contributed by atoms with E-state index in [1.54, 1.807) is 12.3 Å². The number of carbonyl (C=O) groups is 2. The van der Waals surface area contributed by atoms with Crippen LogP contribution in [0.3, 0.4) is 0 Å². The molecule has 1 amide bonds. The lowest BCUT2D eigenvalue weighted by Crippen LogP contribution is -2.30. The molecule has 0 aliphatic carbocycles. The first-order chi connectivity index (χ1) is 11.8. The number of aromatic nitrogens is 2. The number of ether oxygens (including phenoxy) is 2. The van der Waals surface area contributed by atoms with Crippen molar-refractivity contribution in [1.82, 2.24) is 15.1 Å². The van der Waals surface area contributed by atoms with Gasteiger partial charge >= 0.3 is 5.97 Å². The highest BCUT2D eigenvalue weighted by Gasteiger charge is 2.13. The zero-order valence-corrected chi connectivity index (χ0v) is 14.9. The number of nitrogens with one attached hydrogen (secondary N) is 1. The van der Waals surface area contributed by atoms with Crippen LogP contribution in [0, 0.1) is 0 Å². The Kier molecular flexibility index (Phi) is 5.80. The van der Waals surface area contributed by atoms with E-state index in [-0.39, 0.29) is 24.4 Å². The fourth-order valence-electron chi connectivity index (χ4n) is 2.06. The molecular weight excluding hydrogens is 322 g/mol. The molecule has 0 bridgehead atoms. The summed E-state index contributed by atoms with van der Waals surface area (Å²) in [6, 6.07) is 9.44. The molecular formula is C18H23N3O4. The molecule has 1 heterocycles. The van der Waals surface area contributed by atoms with Gasteiger partial charge in [-0.3, -0.25) is 9.59 Å². The molecule has 0 aliphatic heterocycles. The molecule has 0 saturated carbocycles. The van der Waals surface area contributed by atoms with Gasteiger partial charge < -0.3 is 14.8 Å². The fourth-order valence-corrected chi connectivity index (χ4v) is 2.06. The molecule has 7 heteroatoms. The van der Waals surface area contributed by atoms with Gasteiger partial charge in [0, 0.05) is 6.20 Å². The monoisotopic (exact) mass is 345 g/mol. The third-order valence-electron chi connectivity index (χ3n) is 3.58.